The van der Waals surface area contributed by atoms with Gasteiger partial charge in [0, 0.05) is 6.54 Å². The van der Waals surface area contributed by atoms with Gasteiger partial charge in [-0.2, -0.15) is 0 Å². The summed E-state index contributed by atoms with van der Waals surface area (Å²) in [5.41, 5.74) is 0.742. The van der Waals surface area contributed by atoms with Gasteiger partial charge in [0.25, 0.3) is 0 Å². The van der Waals surface area contributed by atoms with Gasteiger partial charge >= 0.3 is 0 Å². The van der Waals surface area contributed by atoms with Gasteiger partial charge in [0.1, 0.15) is 18.2 Å². The van der Waals surface area contributed by atoms with Crippen LogP contribution < -0.4 is 10.1 Å². The van der Waals surface area contributed by atoms with Gasteiger partial charge in [-0.3, -0.25) is 0 Å². The van der Waals surface area contributed by atoms with Gasteiger partial charge in [0.2, 0.25) is 0 Å². The predicted octanol–water partition coefficient (Wildman–Crippen LogP) is 4.14. The van der Waals surface area contributed by atoms with Crippen molar-refractivity contribution in [3.05, 3.63) is 53.2 Å². The number of hydrogen-bond donors (Lipinski definition) is 1. The standard InChI is InChI=1S/C15H17ClN2O/c1-2-10-17-15-9-8-13(16)14(18-15)11-19-12-6-4-3-5-7-12/h3-9H,2,10-11H2,1H3,(H,17,18). The molecule has 100 valence electrons. The molecule has 2 aromatic rings. The Morgan fingerprint density at radius 3 is 2.68 bits per heavy atom. The fraction of sp³-hybridized carbons (Fsp3) is 0.267. The van der Waals surface area contributed by atoms with Gasteiger partial charge in [-0.1, -0.05) is 36.7 Å². The average Bonchev–Trinajstić information content (AvgIpc) is 2.46. The maximum Gasteiger partial charge on any atom is 0.132 e. The van der Waals surface area contributed by atoms with Crippen LogP contribution in [0.1, 0.15) is 19.0 Å². The molecule has 0 unspecified atom stereocenters. The fourth-order valence-corrected chi connectivity index (χ4v) is 1.77. The zero-order valence-corrected chi connectivity index (χ0v) is 11.7. The van der Waals surface area contributed by atoms with E-state index in [9.17, 15) is 0 Å². The van der Waals surface area contributed by atoms with Crippen LogP contribution in [0.4, 0.5) is 5.82 Å². The minimum absolute atomic E-state index is 0.366. The molecule has 3 nitrogen and oxygen atoms in total. The van der Waals surface area contributed by atoms with E-state index in [1.165, 1.54) is 0 Å². The minimum atomic E-state index is 0.366. The summed E-state index contributed by atoms with van der Waals surface area (Å²) in [7, 11) is 0. The third-order valence-corrected chi connectivity index (χ3v) is 2.94. The van der Waals surface area contributed by atoms with Gasteiger partial charge in [-0.05, 0) is 30.7 Å². The lowest BCUT2D eigenvalue weighted by atomic mass is 10.3. The van der Waals surface area contributed by atoms with Crippen molar-refractivity contribution in [2.45, 2.75) is 20.0 Å². The van der Waals surface area contributed by atoms with E-state index in [4.69, 9.17) is 16.3 Å². The van der Waals surface area contributed by atoms with Crippen LogP contribution in [-0.2, 0) is 6.61 Å². The maximum atomic E-state index is 6.13. The molecule has 1 aromatic carbocycles. The van der Waals surface area contributed by atoms with Crippen LogP contribution >= 0.6 is 11.6 Å². The Kier molecular flexibility index (Phi) is 5.04. The van der Waals surface area contributed by atoms with Crippen molar-refractivity contribution in [2.75, 3.05) is 11.9 Å². The van der Waals surface area contributed by atoms with E-state index < -0.39 is 0 Å². The second-order valence-corrected chi connectivity index (χ2v) is 4.56. The second kappa shape index (κ2) is 7.00. The van der Waals surface area contributed by atoms with E-state index in [0.717, 1.165) is 30.2 Å². The van der Waals surface area contributed by atoms with Crippen LogP contribution in [0, 0.1) is 0 Å². The normalized spacial score (nSPS) is 10.2. The number of halogens is 1. The summed E-state index contributed by atoms with van der Waals surface area (Å²) in [5, 5.41) is 3.86. The number of hydrogen-bond acceptors (Lipinski definition) is 3. The molecular formula is C15H17ClN2O. The summed E-state index contributed by atoms with van der Waals surface area (Å²) in [6, 6.07) is 13.4. The Bertz CT molecular complexity index is 517. The fourth-order valence-electron chi connectivity index (χ4n) is 1.61. The molecular weight excluding hydrogens is 260 g/mol. The molecule has 0 spiro atoms. The number of nitrogens with zero attached hydrogens (tertiary/aromatic N) is 1. The van der Waals surface area contributed by atoms with E-state index in [-0.39, 0.29) is 0 Å². The number of aromatic nitrogens is 1. The van der Waals surface area contributed by atoms with Crippen molar-refractivity contribution in [1.29, 1.82) is 0 Å². The maximum absolute atomic E-state index is 6.13. The summed E-state index contributed by atoms with van der Waals surface area (Å²) in [6.07, 6.45) is 1.06. The molecule has 0 saturated carbocycles. The highest BCUT2D eigenvalue weighted by Gasteiger charge is 2.05. The Hall–Kier alpha value is -1.74. The molecule has 0 radical (unpaired) electrons. The SMILES string of the molecule is CCCNc1ccc(Cl)c(COc2ccccc2)n1. The van der Waals surface area contributed by atoms with E-state index in [0.29, 0.717) is 11.6 Å². The third kappa shape index (κ3) is 4.14. The van der Waals surface area contributed by atoms with Crippen LogP contribution in [0.25, 0.3) is 0 Å². The highest BCUT2D eigenvalue weighted by atomic mass is 35.5. The monoisotopic (exact) mass is 276 g/mol. The van der Waals surface area contributed by atoms with E-state index >= 15 is 0 Å². The lowest BCUT2D eigenvalue weighted by Crippen LogP contribution is -2.05. The summed E-state index contributed by atoms with van der Waals surface area (Å²) in [6.45, 7) is 3.38. The van der Waals surface area contributed by atoms with Crippen LogP contribution in [0.2, 0.25) is 5.02 Å². The van der Waals surface area contributed by atoms with Gasteiger partial charge in [-0.15, -0.1) is 0 Å². The molecule has 0 aliphatic rings. The molecule has 0 aliphatic carbocycles. The van der Waals surface area contributed by atoms with Gasteiger partial charge < -0.3 is 10.1 Å². The lowest BCUT2D eigenvalue weighted by molar-refractivity contribution is 0.301. The smallest absolute Gasteiger partial charge is 0.132 e. The minimum Gasteiger partial charge on any atom is -0.487 e. The zero-order valence-electron chi connectivity index (χ0n) is 10.9. The van der Waals surface area contributed by atoms with Crippen LogP contribution in [0.5, 0.6) is 5.75 Å². The van der Waals surface area contributed by atoms with Crippen molar-refractivity contribution in [3.63, 3.8) is 0 Å². The van der Waals surface area contributed by atoms with Crippen molar-refractivity contribution < 1.29 is 4.74 Å². The Morgan fingerprint density at radius 1 is 1.16 bits per heavy atom. The summed E-state index contributed by atoms with van der Waals surface area (Å²) in [5.74, 6) is 1.64. The second-order valence-electron chi connectivity index (χ2n) is 4.15. The molecule has 1 aromatic heterocycles. The molecule has 19 heavy (non-hydrogen) atoms. The van der Waals surface area contributed by atoms with Crippen molar-refractivity contribution in [1.82, 2.24) is 4.98 Å². The first-order valence-corrected chi connectivity index (χ1v) is 6.74. The van der Waals surface area contributed by atoms with Crippen molar-refractivity contribution in [3.8, 4) is 5.75 Å². The number of nitrogens with one attached hydrogen (secondary N) is 1. The third-order valence-electron chi connectivity index (χ3n) is 2.59. The molecule has 0 fully saturated rings. The molecule has 1 heterocycles. The topological polar surface area (TPSA) is 34.1 Å². The number of benzene rings is 1. The number of pyridine rings is 1. The summed E-state index contributed by atoms with van der Waals surface area (Å²) < 4.78 is 5.66. The highest BCUT2D eigenvalue weighted by Crippen LogP contribution is 2.19. The summed E-state index contributed by atoms with van der Waals surface area (Å²) in [4.78, 5) is 4.46. The van der Waals surface area contributed by atoms with E-state index in [1.807, 2.05) is 42.5 Å². The lowest BCUT2D eigenvalue weighted by Gasteiger charge is -2.09. The van der Waals surface area contributed by atoms with Crippen LogP contribution in [-0.4, -0.2) is 11.5 Å². The van der Waals surface area contributed by atoms with E-state index in [1.54, 1.807) is 0 Å². The zero-order chi connectivity index (χ0) is 13.5. The highest BCUT2D eigenvalue weighted by molar-refractivity contribution is 6.31. The van der Waals surface area contributed by atoms with Crippen molar-refractivity contribution in [2.24, 2.45) is 0 Å². The van der Waals surface area contributed by atoms with Crippen LogP contribution in [0.3, 0.4) is 0 Å². The van der Waals surface area contributed by atoms with Gasteiger partial charge in [0.15, 0.2) is 0 Å². The first kappa shape index (κ1) is 13.7. The number of ether oxygens (including phenoxy) is 1. The molecule has 0 aliphatic heterocycles. The number of anilines is 1. The molecule has 0 saturated heterocycles. The molecule has 1 N–H and O–H groups in total. The first-order valence-electron chi connectivity index (χ1n) is 6.36. The molecule has 4 heteroatoms. The first-order chi connectivity index (χ1) is 9.29. The van der Waals surface area contributed by atoms with E-state index in [2.05, 4.69) is 17.2 Å². The predicted molar refractivity (Wildman–Crippen MR) is 78.8 cm³/mol. The molecule has 0 bridgehead atoms. The Labute approximate surface area is 118 Å². The largest absolute Gasteiger partial charge is 0.487 e. The summed E-state index contributed by atoms with van der Waals surface area (Å²) >= 11 is 6.13. The molecule has 0 amide bonds. The Morgan fingerprint density at radius 2 is 1.95 bits per heavy atom. The van der Waals surface area contributed by atoms with Gasteiger partial charge in [-0.25, -0.2) is 4.98 Å². The Balaban J connectivity index is 2.02. The average molecular weight is 277 g/mol. The quantitative estimate of drug-likeness (QED) is 0.861. The number of rotatable bonds is 6. The van der Waals surface area contributed by atoms with Gasteiger partial charge in [0.05, 0.1) is 10.7 Å². The molecule has 0 atom stereocenters. The van der Waals surface area contributed by atoms with Crippen molar-refractivity contribution >= 4 is 17.4 Å². The number of para-hydroxylation sites is 1. The van der Waals surface area contributed by atoms with Crippen LogP contribution in [0.15, 0.2) is 42.5 Å². The molecule has 2 rings (SSSR count).